The number of hydrogen-bond acceptors (Lipinski definition) is 7. The molecule has 0 saturated carbocycles. The number of anilines is 1. The maximum Gasteiger partial charge on any atom is 0.342 e. The second-order valence-corrected chi connectivity index (χ2v) is 6.32. The molecule has 0 aliphatic rings. The van der Waals surface area contributed by atoms with Gasteiger partial charge >= 0.3 is 11.7 Å². The monoisotopic (exact) mass is 363 g/mol. The van der Waals surface area contributed by atoms with E-state index in [-0.39, 0.29) is 17.0 Å². The molecule has 0 saturated heterocycles. The predicted molar refractivity (Wildman–Crippen MR) is 90.6 cm³/mol. The summed E-state index contributed by atoms with van der Waals surface area (Å²) in [6.07, 6.45) is 0. The third-order valence-electron chi connectivity index (χ3n) is 3.02. The normalized spacial score (nSPS) is 11.0. The Morgan fingerprint density at radius 2 is 1.77 bits per heavy atom. The summed E-state index contributed by atoms with van der Waals surface area (Å²) < 4.78 is 5.15. The number of amides is 1. The second kappa shape index (κ2) is 6.75. The van der Waals surface area contributed by atoms with Gasteiger partial charge in [0.25, 0.3) is 11.5 Å². The average molecular weight is 363 g/mol. The van der Waals surface area contributed by atoms with Gasteiger partial charge in [-0.15, -0.1) is 0 Å². The van der Waals surface area contributed by atoms with Gasteiger partial charge in [0.05, 0.1) is 0 Å². The van der Waals surface area contributed by atoms with Crippen LogP contribution in [0, 0.1) is 0 Å². The molecule has 1 aromatic carbocycles. The number of rotatable bonds is 3. The minimum atomic E-state index is -1.09. The van der Waals surface area contributed by atoms with Crippen LogP contribution in [-0.4, -0.2) is 37.7 Å². The number of aromatic nitrogens is 2. The molecule has 0 bridgehead atoms. The zero-order valence-electron chi connectivity index (χ0n) is 14.2. The van der Waals surface area contributed by atoms with Gasteiger partial charge in [0.2, 0.25) is 5.88 Å². The molecule has 2 rings (SSSR count). The lowest BCUT2D eigenvalue weighted by Gasteiger charge is -2.20. The lowest BCUT2D eigenvalue weighted by Crippen LogP contribution is -2.30. The molecule has 0 unspecified atom stereocenters. The van der Waals surface area contributed by atoms with E-state index in [2.05, 4.69) is 5.32 Å². The van der Waals surface area contributed by atoms with Crippen LogP contribution >= 0.6 is 0 Å². The Kier molecular flexibility index (Phi) is 4.87. The number of esters is 1. The number of phenols is 1. The van der Waals surface area contributed by atoms with E-state index < -0.39 is 40.2 Å². The zero-order chi connectivity index (χ0) is 19.6. The van der Waals surface area contributed by atoms with E-state index >= 15 is 0 Å². The Bertz CT molecular complexity index is 983. The molecule has 2 aromatic rings. The molecule has 0 radical (unpaired) electrons. The number of aromatic hydroxyl groups is 2. The molecular weight excluding hydrogens is 346 g/mol. The average Bonchev–Trinajstić information content (AvgIpc) is 2.46. The van der Waals surface area contributed by atoms with Crippen molar-refractivity contribution >= 4 is 17.6 Å². The van der Waals surface area contributed by atoms with Crippen LogP contribution in [0.4, 0.5) is 5.69 Å². The number of nitrogens with one attached hydrogen (secondary N) is 3. The topological polar surface area (TPSA) is 162 Å². The number of benzene rings is 1. The van der Waals surface area contributed by atoms with Crippen LogP contribution < -0.4 is 16.6 Å². The van der Waals surface area contributed by atoms with Gasteiger partial charge in [-0.3, -0.25) is 19.6 Å². The summed E-state index contributed by atoms with van der Waals surface area (Å²) in [7, 11) is 0. The Morgan fingerprint density at radius 1 is 1.12 bits per heavy atom. The van der Waals surface area contributed by atoms with Gasteiger partial charge in [-0.2, -0.15) is 0 Å². The molecule has 1 heterocycles. The summed E-state index contributed by atoms with van der Waals surface area (Å²) in [5.41, 5.74) is -3.71. The molecule has 26 heavy (non-hydrogen) atoms. The van der Waals surface area contributed by atoms with Crippen molar-refractivity contribution in [1.82, 2.24) is 9.97 Å². The number of phenolic OH excluding ortho intramolecular Hbond substituents is 1. The lowest BCUT2D eigenvalue weighted by molar-refractivity contribution is 0.00667. The number of carbonyl (C=O) groups excluding carboxylic acids is 2. The van der Waals surface area contributed by atoms with Crippen molar-refractivity contribution in [2.75, 3.05) is 5.32 Å². The predicted octanol–water partition coefficient (Wildman–Crippen LogP) is 0.682. The highest BCUT2D eigenvalue weighted by Gasteiger charge is 2.22. The maximum atomic E-state index is 12.2. The molecule has 0 spiro atoms. The molecule has 1 aromatic heterocycles. The first kappa shape index (κ1) is 18.8. The van der Waals surface area contributed by atoms with Crippen molar-refractivity contribution in [3.8, 4) is 11.6 Å². The summed E-state index contributed by atoms with van der Waals surface area (Å²) in [5, 5.41) is 21.7. The van der Waals surface area contributed by atoms with Crippen molar-refractivity contribution in [3.63, 3.8) is 0 Å². The smallest absolute Gasteiger partial charge is 0.342 e. The molecular formula is C16H17N3O7. The summed E-state index contributed by atoms with van der Waals surface area (Å²) in [6.45, 7) is 4.95. The Labute approximate surface area is 146 Å². The zero-order valence-corrected chi connectivity index (χ0v) is 14.2. The molecule has 0 aliphatic carbocycles. The fourth-order valence-corrected chi connectivity index (χ4v) is 1.99. The summed E-state index contributed by atoms with van der Waals surface area (Å²) >= 11 is 0. The number of ether oxygens (including phenoxy) is 1. The molecule has 10 heteroatoms. The van der Waals surface area contributed by atoms with E-state index in [9.17, 15) is 29.4 Å². The van der Waals surface area contributed by atoms with Crippen molar-refractivity contribution in [2.24, 2.45) is 0 Å². The highest BCUT2D eigenvalue weighted by Crippen LogP contribution is 2.24. The Hall–Kier alpha value is -3.56. The minimum Gasteiger partial charge on any atom is -0.507 e. The molecule has 1 amide bonds. The molecule has 0 atom stereocenters. The first-order chi connectivity index (χ1) is 12.0. The highest BCUT2D eigenvalue weighted by atomic mass is 16.6. The van der Waals surface area contributed by atoms with E-state index in [0.29, 0.717) is 0 Å². The van der Waals surface area contributed by atoms with Crippen molar-refractivity contribution in [2.45, 2.75) is 26.4 Å². The third-order valence-corrected chi connectivity index (χ3v) is 3.02. The Morgan fingerprint density at radius 3 is 2.35 bits per heavy atom. The fraction of sp³-hybridized carbons (Fsp3) is 0.250. The molecule has 10 nitrogen and oxygen atoms in total. The van der Waals surface area contributed by atoms with Crippen molar-refractivity contribution in [1.29, 1.82) is 0 Å². The van der Waals surface area contributed by atoms with Gasteiger partial charge < -0.3 is 20.3 Å². The van der Waals surface area contributed by atoms with E-state index in [1.54, 1.807) is 20.8 Å². The number of carbonyl (C=O) groups is 2. The maximum absolute atomic E-state index is 12.2. The van der Waals surface area contributed by atoms with E-state index in [1.165, 1.54) is 6.07 Å². The largest absolute Gasteiger partial charge is 0.507 e. The highest BCUT2D eigenvalue weighted by molar-refractivity contribution is 6.06. The van der Waals surface area contributed by atoms with Gasteiger partial charge in [0.1, 0.15) is 16.9 Å². The standard InChI is InChI=1S/C16H17N3O7/c1-16(2,3)26-14(24)8-6-7(4-5-9(8)20)17-11(21)10-12(22)18-15(25)19-13(10)23/h4-6,20H,1-3H3,(H,17,21)(H3,18,19,22,23,25). The number of aromatic amines is 2. The van der Waals surface area contributed by atoms with Crippen LogP contribution in [0.15, 0.2) is 27.8 Å². The molecule has 5 N–H and O–H groups in total. The quantitative estimate of drug-likeness (QED) is 0.395. The van der Waals surface area contributed by atoms with Crippen molar-refractivity contribution < 1.29 is 24.5 Å². The van der Waals surface area contributed by atoms with Crippen LogP contribution in [0.2, 0.25) is 0 Å². The van der Waals surface area contributed by atoms with Gasteiger partial charge in [0, 0.05) is 5.69 Å². The van der Waals surface area contributed by atoms with Crippen LogP contribution in [0.3, 0.4) is 0 Å². The van der Waals surface area contributed by atoms with Crippen molar-refractivity contribution in [3.05, 3.63) is 50.2 Å². The van der Waals surface area contributed by atoms with Crippen LogP contribution in [0.5, 0.6) is 11.6 Å². The molecule has 138 valence electrons. The fourth-order valence-electron chi connectivity index (χ4n) is 1.99. The second-order valence-electron chi connectivity index (χ2n) is 6.32. The lowest BCUT2D eigenvalue weighted by atomic mass is 10.1. The first-order valence-corrected chi connectivity index (χ1v) is 7.41. The summed E-state index contributed by atoms with van der Waals surface area (Å²) in [6, 6.07) is 3.59. The Balaban J connectivity index is 2.33. The van der Waals surface area contributed by atoms with E-state index in [1.807, 2.05) is 9.97 Å². The SMILES string of the molecule is CC(C)(C)OC(=O)c1cc(NC(=O)c2c(O)[nH]c(=O)[nH]c2=O)ccc1O. The number of hydrogen-bond donors (Lipinski definition) is 5. The van der Waals surface area contributed by atoms with Crippen LogP contribution in [-0.2, 0) is 4.74 Å². The van der Waals surface area contributed by atoms with Crippen LogP contribution in [0.1, 0.15) is 41.5 Å². The minimum absolute atomic E-state index is 0.0543. The molecule has 0 aliphatic heterocycles. The first-order valence-electron chi connectivity index (χ1n) is 7.41. The van der Waals surface area contributed by atoms with E-state index in [0.717, 1.165) is 12.1 Å². The summed E-state index contributed by atoms with van der Waals surface area (Å²) in [4.78, 5) is 50.7. The van der Waals surface area contributed by atoms with Gasteiger partial charge in [0.15, 0.2) is 5.56 Å². The van der Waals surface area contributed by atoms with Crippen LogP contribution in [0.25, 0.3) is 0 Å². The third kappa shape index (κ3) is 4.29. The van der Waals surface area contributed by atoms with Gasteiger partial charge in [-0.1, -0.05) is 0 Å². The van der Waals surface area contributed by atoms with Gasteiger partial charge in [-0.25, -0.2) is 9.59 Å². The summed E-state index contributed by atoms with van der Waals surface area (Å²) in [5.74, 6) is -3.10. The van der Waals surface area contributed by atoms with Gasteiger partial charge in [-0.05, 0) is 39.0 Å². The number of H-pyrrole nitrogens is 2. The van der Waals surface area contributed by atoms with E-state index in [4.69, 9.17) is 4.74 Å². The molecule has 0 fully saturated rings.